The zero-order chi connectivity index (χ0) is 16.2. The van der Waals surface area contributed by atoms with Gasteiger partial charge in [-0.15, -0.1) is 0 Å². The van der Waals surface area contributed by atoms with Crippen molar-refractivity contribution in [3.8, 4) is 0 Å². The average Bonchev–Trinajstić information content (AvgIpc) is 3.06. The van der Waals surface area contributed by atoms with E-state index in [1.807, 2.05) is 18.5 Å². The van der Waals surface area contributed by atoms with Gasteiger partial charge in [-0.3, -0.25) is 4.90 Å². The van der Waals surface area contributed by atoms with Gasteiger partial charge >= 0.3 is 0 Å². The van der Waals surface area contributed by atoms with E-state index in [9.17, 15) is 0 Å². The Morgan fingerprint density at radius 3 is 2.58 bits per heavy atom. The highest BCUT2D eigenvalue weighted by Crippen LogP contribution is 2.25. The molecule has 0 bridgehead atoms. The lowest BCUT2D eigenvalue weighted by Crippen LogP contribution is -2.53. The number of fused-ring (bicyclic) bond motifs is 1. The Hall–Kier alpha value is -1.24. The van der Waals surface area contributed by atoms with Crippen LogP contribution in [0.5, 0.6) is 0 Å². The molecule has 0 N–H and O–H groups in total. The second kappa shape index (κ2) is 7.76. The third kappa shape index (κ3) is 3.71. The first-order valence-corrected chi connectivity index (χ1v) is 9.50. The van der Waals surface area contributed by atoms with Crippen LogP contribution in [-0.2, 0) is 4.74 Å². The van der Waals surface area contributed by atoms with E-state index < -0.39 is 0 Å². The minimum atomic E-state index is 0.367. The van der Waals surface area contributed by atoms with E-state index >= 15 is 0 Å². The van der Waals surface area contributed by atoms with Crippen LogP contribution in [-0.4, -0.2) is 84.3 Å². The largest absolute Gasteiger partial charge is 0.375 e. The topological polar surface area (TPSA) is 44.7 Å². The molecule has 0 spiro atoms. The standard InChI is InChI=1S/C18H29N5O/c1-2-9-21(8-1)12-13-22-14-15-24-17-5-11-23(10-4-16(17)22)18-19-6-3-7-20-18/h3,6-7,16-17H,1-2,4-5,8-15H2. The molecule has 3 aliphatic rings. The molecule has 4 rings (SSSR count). The minimum Gasteiger partial charge on any atom is -0.375 e. The predicted octanol–water partition coefficient (Wildman–Crippen LogP) is 1.24. The van der Waals surface area contributed by atoms with E-state index in [0.29, 0.717) is 12.1 Å². The summed E-state index contributed by atoms with van der Waals surface area (Å²) in [4.78, 5) is 16.5. The highest BCUT2D eigenvalue weighted by atomic mass is 16.5. The van der Waals surface area contributed by atoms with E-state index in [4.69, 9.17) is 4.74 Å². The lowest BCUT2D eigenvalue weighted by atomic mass is 10.0. The molecule has 2 atom stereocenters. The molecule has 1 aromatic rings. The summed E-state index contributed by atoms with van der Waals surface area (Å²) in [6, 6.07) is 2.43. The number of aromatic nitrogens is 2. The summed E-state index contributed by atoms with van der Waals surface area (Å²) >= 11 is 0. The molecule has 3 saturated heterocycles. The van der Waals surface area contributed by atoms with Crippen molar-refractivity contribution in [1.29, 1.82) is 0 Å². The van der Waals surface area contributed by atoms with Crippen molar-refractivity contribution in [2.75, 3.05) is 57.3 Å². The van der Waals surface area contributed by atoms with Crippen molar-refractivity contribution in [2.24, 2.45) is 0 Å². The summed E-state index contributed by atoms with van der Waals surface area (Å²) in [6.45, 7) is 8.95. The molecule has 2 unspecified atom stereocenters. The van der Waals surface area contributed by atoms with Gasteiger partial charge in [0.2, 0.25) is 5.95 Å². The maximum Gasteiger partial charge on any atom is 0.225 e. The fourth-order valence-electron chi connectivity index (χ4n) is 4.37. The Labute approximate surface area is 144 Å². The fraction of sp³-hybridized carbons (Fsp3) is 0.778. The molecular formula is C18H29N5O. The van der Waals surface area contributed by atoms with Crippen molar-refractivity contribution in [3.05, 3.63) is 18.5 Å². The molecule has 132 valence electrons. The van der Waals surface area contributed by atoms with Crippen LogP contribution in [0.3, 0.4) is 0 Å². The fourth-order valence-corrected chi connectivity index (χ4v) is 4.37. The molecule has 4 heterocycles. The Morgan fingerprint density at radius 1 is 0.958 bits per heavy atom. The summed E-state index contributed by atoms with van der Waals surface area (Å²) in [5, 5.41) is 0. The second-order valence-corrected chi connectivity index (χ2v) is 7.17. The number of hydrogen-bond acceptors (Lipinski definition) is 6. The number of hydrogen-bond donors (Lipinski definition) is 0. The van der Waals surface area contributed by atoms with Gasteiger partial charge in [-0.25, -0.2) is 9.97 Å². The molecule has 1 aromatic heterocycles. The molecule has 3 fully saturated rings. The molecule has 0 amide bonds. The van der Waals surface area contributed by atoms with Gasteiger partial charge in [-0.05, 0) is 44.8 Å². The lowest BCUT2D eigenvalue weighted by Gasteiger charge is -2.41. The van der Waals surface area contributed by atoms with Crippen LogP contribution < -0.4 is 4.90 Å². The molecule has 0 aromatic carbocycles. The zero-order valence-corrected chi connectivity index (χ0v) is 14.5. The Balaban J connectivity index is 1.37. The van der Waals surface area contributed by atoms with Crippen molar-refractivity contribution >= 4 is 5.95 Å². The van der Waals surface area contributed by atoms with Crippen LogP contribution in [0.1, 0.15) is 25.7 Å². The van der Waals surface area contributed by atoms with Gasteiger partial charge in [0.1, 0.15) is 0 Å². The lowest BCUT2D eigenvalue weighted by molar-refractivity contribution is -0.0727. The highest BCUT2D eigenvalue weighted by Gasteiger charge is 2.35. The smallest absolute Gasteiger partial charge is 0.225 e. The normalized spacial score (nSPS) is 29.4. The van der Waals surface area contributed by atoms with Gasteiger partial charge in [0.05, 0.1) is 12.7 Å². The quantitative estimate of drug-likeness (QED) is 0.827. The van der Waals surface area contributed by atoms with Crippen LogP contribution in [0.25, 0.3) is 0 Å². The van der Waals surface area contributed by atoms with Gasteiger partial charge in [-0.2, -0.15) is 0 Å². The summed E-state index contributed by atoms with van der Waals surface area (Å²) in [7, 11) is 0. The molecule has 0 saturated carbocycles. The van der Waals surface area contributed by atoms with Gasteiger partial charge in [0.25, 0.3) is 0 Å². The number of nitrogens with zero attached hydrogens (tertiary/aromatic N) is 5. The molecule has 24 heavy (non-hydrogen) atoms. The van der Waals surface area contributed by atoms with Crippen LogP contribution in [0.2, 0.25) is 0 Å². The van der Waals surface area contributed by atoms with Crippen LogP contribution in [0.4, 0.5) is 5.95 Å². The molecule has 6 nitrogen and oxygen atoms in total. The first-order valence-electron chi connectivity index (χ1n) is 9.50. The summed E-state index contributed by atoms with van der Waals surface area (Å²) < 4.78 is 6.13. The Morgan fingerprint density at radius 2 is 1.75 bits per heavy atom. The van der Waals surface area contributed by atoms with Gasteiger partial charge < -0.3 is 14.5 Å². The molecule has 0 aliphatic carbocycles. The average molecular weight is 331 g/mol. The summed E-state index contributed by atoms with van der Waals surface area (Å²) in [5.41, 5.74) is 0. The summed E-state index contributed by atoms with van der Waals surface area (Å²) in [5.74, 6) is 0.861. The van der Waals surface area contributed by atoms with Crippen molar-refractivity contribution in [2.45, 2.75) is 37.8 Å². The van der Waals surface area contributed by atoms with Gasteiger partial charge in [0.15, 0.2) is 0 Å². The first kappa shape index (κ1) is 16.2. The maximum absolute atomic E-state index is 6.13. The van der Waals surface area contributed by atoms with E-state index in [2.05, 4.69) is 24.7 Å². The predicted molar refractivity (Wildman–Crippen MR) is 94.3 cm³/mol. The molecular weight excluding hydrogens is 302 g/mol. The molecule has 0 radical (unpaired) electrons. The van der Waals surface area contributed by atoms with E-state index in [1.165, 1.54) is 39.0 Å². The number of rotatable bonds is 4. The third-order valence-electron chi connectivity index (χ3n) is 5.72. The molecule has 3 aliphatic heterocycles. The van der Waals surface area contributed by atoms with Crippen LogP contribution >= 0.6 is 0 Å². The Bertz CT molecular complexity index is 507. The number of ether oxygens (including phenoxy) is 1. The minimum absolute atomic E-state index is 0.367. The van der Waals surface area contributed by atoms with Crippen LogP contribution in [0, 0.1) is 0 Å². The van der Waals surface area contributed by atoms with E-state index in [1.54, 1.807) is 0 Å². The van der Waals surface area contributed by atoms with Gasteiger partial charge in [0, 0.05) is 51.2 Å². The molecule has 6 heteroatoms. The maximum atomic E-state index is 6.13. The van der Waals surface area contributed by atoms with E-state index in [0.717, 1.165) is 45.0 Å². The highest BCUT2D eigenvalue weighted by molar-refractivity contribution is 5.28. The van der Waals surface area contributed by atoms with Crippen molar-refractivity contribution in [1.82, 2.24) is 19.8 Å². The monoisotopic (exact) mass is 331 g/mol. The van der Waals surface area contributed by atoms with Crippen molar-refractivity contribution < 1.29 is 4.74 Å². The SMILES string of the molecule is c1cnc(N2CCC3OCCN(CCN4CCCC4)C3CC2)nc1. The Kier molecular flexibility index (Phi) is 5.25. The number of morpholine rings is 1. The third-order valence-corrected chi connectivity index (χ3v) is 5.72. The van der Waals surface area contributed by atoms with Gasteiger partial charge in [-0.1, -0.05) is 0 Å². The van der Waals surface area contributed by atoms with Crippen molar-refractivity contribution in [3.63, 3.8) is 0 Å². The zero-order valence-electron chi connectivity index (χ0n) is 14.5. The number of anilines is 1. The van der Waals surface area contributed by atoms with E-state index in [-0.39, 0.29) is 0 Å². The summed E-state index contributed by atoms with van der Waals surface area (Å²) in [6.07, 6.45) is 9.00. The van der Waals surface area contributed by atoms with Crippen LogP contribution in [0.15, 0.2) is 18.5 Å². The second-order valence-electron chi connectivity index (χ2n) is 7.17. The number of likely N-dealkylation sites (tertiary alicyclic amines) is 1. The first-order chi connectivity index (χ1) is 11.9.